The van der Waals surface area contributed by atoms with E-state index >= 15 is 0 Å². The first-order valence-corrected chi connectivity index (χ1v) is 13.7. The van der Waals surface area contributed by atoms with Crippen LogP contribution in [0.25, 0.3) is 0 Å². The predicted molar refractivity (Wildman–Crippen MR) is 139 cm³/mol. The van der Waals surface area contributed by atoms with Gasteiger partial charge in [0.2, 0.25) is 5.75 Å². The van der Waals surface area contributed by atoms with E-state index in [2.05, 4.69) is 43.1 Å². The van der Waals surface area contributed by atoms with Crippen LogP contribution in [-0.4, -0.2) is 44.8 Å². The number of ether oxygens (including phenoxy) is 1. The van der Waals surface area contributed by atoms with Crippen molar-refractivity contribution in [1.29, 1.82) is 0 Å². The summed E-state index contributed by atoms with van der Waals surface area (Å²) in [5, 5.41) is 10.5. The van der Waals surface area contributed by atoms with Gasteiger partial charge in [0.25, 0.3) is 5.91 Å². The van der Waals surface area contributed by atoms with E-state index in [1.807, 2.05) is 0 Å². The Hall–Kier alpha value is -2.67. The lowest BCUT2D eigenvalue weighted by molar-refractivity contribution is -0.0496. The predicted octanol–water partition coefficient (Wildman–Crippen LogP) is 4.89. The number of aromatic nitrogens is 2. The fourth-order valence-corrected chi connectivity index (χ4v) is 6.77. The normalized spacial score (nSPS) is 26.7. The Bertz CT molecular complexity index is 1160. The number of aromatic hydroxyl groups is 1. The molecular formula is C29H39N3O4. The number of nitrogens with zero attached hydrogens (tertiary/aromatic N) is 3. The molecule has 2 unspecified atom stereocenters. The van der Waals surface area contributed by atoms with Crippen molar-refractivity contribution >= 4 is 5.91 Å². The lowest BCUT2D eigenvalue weighted by Crippen LogP contribution is -2.50. The molecule has 1 aromatic heterocycles. The van der Waals surface area contributed by atoms with E-state index < -0.39 is 11.3 Å². The lowest BCUT2D eigenvalue weighted by atomic mass is 9.68. The van der Waals surface area contributed by atoms with Crippen molar-refractivity contribution in [1.82, 2.24) is 14.5 Å². The average Bonchev–Trinajstić information content (AvgIpc) is 3.18. The number of carbonyl (C=O) groups excluding carboxylic acids is 1. The Kier molecular flexibility index (Phi) is 7.20. The van der Waals surface area contributed by atoms with Crippen molar-refractivity contribution in [3.05, 3.63) is 57.3 Å². The fraction of sp³-hybridized carbons (Fsp3) is 0.621. The SMILES string of the molecule is CC1=CCC(C2(CCCc3nc(=O)c(O)c4n3CC3OCCCCN3C4=O)CCCC2)/C=C/C(C)=C1. The summed E-state index contributed by atoms with van der Waals surface area (Å²) in [7, 11) is 0. The molecule has 2 aliphatic carbocycles. The van der Waals surface area contributed by atoms with E-state index in [9.17, 15) is 14.7 Å². The van der Waals surface area contributed by atoms with Crippen molar-refractivity contribution in [2.75, 3.05) is 13.2 Å². The van der Waals surface area contributed by atoms with Crippen LogP contribution in [0.1, 0.15) is 87.9 Å². The Labute approximate surface area is 213 Å². The van der Waals surface area contributed by atoms with Gasteiger partial charge in [-0.1, -0.05) is 48.3 Å². The van der Waals surface area contributed by atoms with Crippen LogP contribution in [0.3, 0.4) is 0 Å². The van der Waals surface area contributed by atoms with Crippen LogP contribution < -0.4 is 5.56 Å². The number of hydrogen-bond donors (Lipinski definition) is 1. The molecule has 1 saturated carbocycles. The maximum atomic E-state index is 13.3. The highest BCUT2D eigenvalue weighted by Crippen LogP contribution is 2.50. The van der Waals surface area contributed by atoms with Gasteiger partial charge in [0.1, 0.15) is 5.82 Å². The van der Waals surface area contributed by atoms with Gasteiger partial charge in [-0.05, 0) is 70.1 Å². The summed E-state index contributed by atoms with van der Waals surface area (Å²) in [5.41, 5.74) is 2.24. The molecule has 1 aromatic rings. The van der Waals surface area contributed by atoms with Crippen molar-refractivity contribution in [3.8, 4) is 5.75 Å². The summed E-state index contributed by atoms with van der Waals surface area (Å²) in [4.78, 5) is 31.7. The monoisotopic (exact) mass is 493 g/mol. The van der Waals surface area contributed by atoms with E-state index in [-0.39, 0.29) is 23.2 Å². The molecule has 194 valence electrons. The van der Waals surface area contributed by atoms with Gasteiger partial charge in [-0.15, -0.1) is 0 Å². The molecule has 3 heterocycles. The molecule has 2 aliphatic heterocycles. The van der Waals surface area contributed by atoms with Crippen LogP contribution in [0.5, 0.6) is 5.75 Å². The van der Waals surface area contributed by atoms with Gasteiger partial charge in [0, 0.05) is 19.6 Å². The Balaban J connectivity index is 1.38. The molecule has 0 aromatic carbocycles. The van der Waals surface area contributed by atoms with Gasteiger partial charge in [-0.3, -0.25) is 9.59 Å². The summed E-state index contributed by atoms with van der Waals surface area (Å²) in [5.74, 6) is 0.218. The molecule has 36 heavy (non-hydrogen) atoms. The number of fused-ring (bicyclic) bond motifs is 2. The summed E-state index contributed by atoms with van der Waals surface area (Å²) in [6, 6.07) is 0. The number of carbonyl (C=O) groups is 1. The first-order valence-electron chi connectivity index (χ1n) is 13.7. The molecule has 0 spiro atoms. The minimum absolute atomic E-state index is 0.0770. The second-order valence-electron chi connectivity index (χ2n) is 11.1. The molecule has 1 saturated heterocycles. The molecule has 2 fully saturated rings. The third-order valence-electron chi connectivity index (χ3n) is 8.69. The van der Waals surface area contributed by atoms with Crippen LogP contribution in [-0.2, 0) is 17.7 Å². The van der Waals surface area contributed by atoms with Gasteiger partial charge in [-0.2, -0.15) is 4.98 Å². The maximum absolute atomic E-state index is 13.3. The molecule has 2 atom stereocenters. The van der Waals surface area contributed by atoms with Crippen molar-refractivity contribution in [3.63, 3.8) is 0 Å². The summed E-state index contributed by atoms with van der Waals surface area (Å²) < 4.78 is 7.71. The third kappa shape index (κ3) is 4.82. The quantitative estimate of drug-likeness (QED) is 0.631. The first kappa shape index (κ1) is 25.0. The highest BCUT2D eigenvalue weighted by Gasteiger charge is 2.40. The molecular weight excluding hydrogens is 454 g/mol. The van der Waals surface area contributed by atoms with Crippen molar-refractivity contribution in [2.24, 2.45) is 11.3 Å². The lowest BCUT2D eigenvalue weighted by Gasteiger charge is -2.37. The number of amides is 1. The van der Waals surface area contributed by atoms with Crippen LogP contribution in [0.4, 0.5) is 0 Å². The topological polar surface area (TPSA) is 84.7 Å². The van der Waals surface area contributed by atoms with Gasteiger partial charge in [0.15, 0.2) is 11.9 Å². The van der Waals surface area contributed by atoms with E-state index in [0.717, 1.165) is 32.1 Å². The Morgan fingerprint density at radius 2 is 1.94 bits per heavy atom. The zero-order chi connectivity index (χ0) is 25.3. The number of hydrogen-bond acceptors (Lipinski definition) is 5. The minimum atomic E-state index is -0.708. The van der Waals surface area contributed by atoms with Crippen LogP contribution in [0, 0.1) is 11.3 Å². The molecule has 7 heteroatoms. The fourth-order valence-electron chi connectivity index (χ4n) is 6.77. The molecule has 4 aliphatic rings. The summed E-state index contributed by atoms with van der Waals surface area (Å²) >= 11 is 0. The van der Waals surface area contributed by atoms with Gasteiger partial charge >= 0.3 is 5.56 Å². The van der Waals surface area contributed by atoms with Gasteiger partial charge in [0.05, 0.1) is 6.54 Å². The highest BCUT2D eigenvalue weighted by molar-refractivity contribution is 5.95. The van der Waals surface area contributed by atoms with Crippen molar-refractivity contribution < 1.29 is 14.6 Å². The maximum Gasteiger partial charge on any atom is 0.315 e. The number of allylic oxidation sites excluding steroid dienone is 6. The molecule has 0 radical (unpaired) electrons. The number of aryl methyl sites for hydroxylation is 1. The third-order valence-corrected chi connectivity index (χ3v) is 8.69. The second-order valence-corrected chi connectivity index (χ2v) is 11.1. The summed E-state index contributed by atoms with van der Waals surface area (Å²) in [6.07, 6.45) is 19.3. The van der Waals surface area contributed by atoms with E-state index in [4.69, 9.17) is 4.74 Å². The van der Waals surface area contributed by atoms with E-state index in [1.165, 1.54) is 36.8 Å². The molecule has 1 amide bonds. The Morgan fingerprint density at radius 1 is 1.14 bits per heavy atom. The Morgan fingerprint density at radius 3 is 2.75 bits per heavy atom. The van der Waals surface area contributed by atoms with Crippen LogP contribution >= 0.6 is 0 Å². The average molecular weight is 494 g/mol. The van der Waals surface area contributed by atoms with Gasteiger partial charge in [-0.25, -0.2) is 0 Å². The first-order chi connectivity index (χ1) is 17.4. The molecule has 0 bridgehead atoms. The molecule has 5 rings (SSSR count). The standard InChI is InChI=1S/C29H39N3O4/c1-20-9-11-22(12-10-21(2)18-20)29(13-3-4-14-29)15-7-8-23-30-27(34)26(33)25-28(35)31-16-5-6-17-36-24(31)19-32(23)25/h9-11,18,22,24,33H,3-8,12-17,19H2,1-2H3/b11-9+,20-18?,21-10?. The molecule has 7 nitrogen and oxygen atoms in total. The van der Waals surface area contributed by atoms with Crippen molar-refractivity contribution in [2.45, 2.75) is 90.8 Å². The zero-order valence-electron chi connectivity index (χ0n) is 21.7. The van der Waals surface area contributed by atoms with E-state index in [0.29, 0.717) is 37.9 Å². The minimum Gasteiger partial charge on any atom is -0.501 e. The molecule has 1 N–H and O–H groups in total. The van der Waals surface area contributed by atoms with Gasteiger partial charge < -0.3 is 19.3 Å². The van der Waals surface area contributed by atoms with Crippen LogP contribution in [0.2, 0.25) is 0 Å². The zero-order valence-corrected chi connectivity index (χ0v) is 21.7. The van der Waals surface area contributed by atoms with Crippen LogP contribution in [0.15, 0.2) is 40.2 Å². The highest BCUT2D eigenvalue weighted by atomic mass is 16.5. The smallest absolute Gasteiger partial charge is 0.315 e. The second kappa shape index (κ2) is 10.4. The largest absolute Gasteiger partial charge is 0.501 e. The summed E-state index contributed by atoms with van der Waals surface area (Å²) in [6.45, 7) is 5.94. The number of rotatable bonds is 5. The van der Waals surface area contributed by atoms with E-state index in [1.54, 1.807) is 9.47 Å².